The molecule has 7 heteroatoms. The van der Waals surface area contributed by atoms with Gasteiger partial charge in [-0.15, -0.1) is 0 Å². The summed E-state index contributed by atoms with van der Waals surface area (Å²) in [6, 6.07) is 9.51. The van der Waals surface area contributed by atoms with Crippen LogP contribution in [0.1, 0.15) is 13.8 Å². The minimum absolute atomic E-state index is 0.0447. The van der Waals surface area contributed by atoms with Gasteiger partial charge in [-0.05, 0) is 18.2 Å². The average molecular weight is 323 g/mol. The Balaban J connectivity index is 2.57. The molecule has 0 fully saturated rings. The van der Waals surface area contributed by atoms with Crippen molar-refractivity contribution in [3.05, 3.63) is 42.6 Å². The first-order valence-electron chi connectivity index (χ1n) is 6.56. The molecule has 2 aromatic rings. The van der Waals surface area contributed by atoms with Gasteiger partial charge in [0.05, 0.1) is 4.90 Å². The van der Waals surface area contributed by atoms with E-state index in [1.165, 1.54) is 23.0 Å². The number of nitrogens with zero attached hydrogens (tertiary/aromatic N) is 1. The van der Waals surface area contributed by atoms with Gasteiger partial charge in [-0.1, -0.05) is 30.7 Å². The molecule has 21 heavy (non-hydrogen) atoms. The number of fused-ring (bicyclic) bond motifs is 2. The maximum absolute atomic E-state index is 13.7. The lowest BCUT2D eigenvalue weighted by Crippen LogP contribution is -2.61. The summed E-state index contributed by atoms with van der Waals surface area (Å²) in [6.07, 6.45) is 1.53. The maximum atomic E-state index is 13.7. The second-order valence-corrected chi connectivity index (χ2v) is 10.5. The van der Waals surface area contributed by atoms with Gasteiger partial charge in [0.1, 0.15) is 4.90 Å². The van der Waals surface area contributed by atoms with E-state index in [1.54, 1.807) is 24.3 Å². The summed E-state index contributed by atoms with van der Waals surface area (Å²) in [5, 5.41) is 0.373. The Kier molecular flexibility index (Phi) is 3.01. The smallest absolute Gasteiger partial charge is 0.291 e. The molecule has 110 valence electrons. The normalized spacial score (nSPS) is 22.6. The highest BCUT2D eigenvalue weighted by Gasteiger charge is 2.51. The molecular weight excluding hydrogens is 307 g/mol. The molecule has 0 radical (unpaired) electrons. The second-order valence-electron chi connectivity index (χ2n) is 5.33. The molecule has 1 aliphatic rings. The van der Waals surface area contributed by atoms with Crippen molar-refractivity contribution < 1.29 is 17.7 Å². The zero-order valence-corrected chi connectivity index (χ0v) is 13.4. The first-order valence-corrected chi connectivity index (χ1v) is 9.82. The van der Waals surface area contributed by atoms with Crippen LogP contribution in [0.4, 0.5) is 0 Å². The van der Waals surface area contributed by atoms with Crippen molar-refractivity contribution in [2.75, 3.05) is 5.84 Å². The van der Waals surface area contributed by atoms with Crippen LogP contribution in [0.5, 0.6) is 0 Å². The molecule has 0 saturated carbocycles. The lowest BCUT2D eigenvalue weighted by molar-refractivity contribution is -0.622. The molecule has 1 aliphatic heterocycles. The van der Waals surface area contributed by atoms with Gasteiger partial charge < -0.3 is 4.57 Å². The molecule has 0 aliphatic carbocycles. The molecule has 3 rings (SSSR count). The van der Waals surface area contributed by atoms with Crippen LogP contribution in [-0.2, 0) is 14.4 Å². The largest absolute Gasteiger partial charge is 0.307 e. The van der Waals surface area contributed by atoms with Gasteiger partial charge in [-0.25, -0.2) is 14.3 Å². The molecule has 0 saturated heterocycles. The van der Waals surface area contributed by atoms with Crippen molar-refractivity contribution in [3.63, 3.8) is 0 Å². The van der Waals surface area contributed by atoms with Crippen molar-refractivity contribution in [1.29, 1.82) is 0 Å². The van der Waals surface area contributed by atoms with Crippen molar-refractivity contribution >= 4 is 27.7 Å². The van der Waals surface area contributed by atoms with Crippen molar-refractivity contribution in [1.82, 2.24) is 0 Å². The highest BCUT2D eigenvalue weighted by molar-refractivity contribution is 7.95. The van der Waals surface area contributed by atoms with E-state index in [4.69, 9.17) is 5.84 Å². The Morgan fingerprint density at radius 2 is 1.71 bits per heavy atom. The summed E-state index contributed by atoms with van der Waals surface area (Å²) in [6.45, 7) is 3.65. The fourth-order valence-electron chi connectivity index (χ4n) is 2.75. The van der Waals surface area contributed by atoms with Crippen LogP contribution in [0.25, 0.3) is 0 Å². The van der Waals surface area contributed by atoms with Crippen molar-refractivity contribution in [2.24, 2.45) is 0 Å². The molecule has 0 bridgehead atoms. The number of hydrogen-bond acceptors (Lipinski definition) is 4. The number of nitrogen functional groups attached to an aromatic ring is 1. The highest BCUT2D eigenvalue weighted by atomic mass is 32.2. The minimum Gasteiger partial charge on any atom is -0.307 e. The van der Waals surface area contributed by atoms with E-state index in [0.717, 1.165) is 0 Å². The van der Waals surface area contributed by atoms with E-state index in [1.807, 2.05) is 13.8 Å². The average Bonchev–Trinajstić information content (AvgIpc) is 2.45. The molecule has 2 heterocycles. The van der Waals surface area contributed by atoms with Gasteiger partial charge in [0.25, 0.3) is 5.44 Å². The zero-order valence-electron chi connectivity index (χ0n) is 11.7. The van der Waals surface area contributed by atoms with Gasteiger partial charge >= 0.3 is 0 Å². The number of rotatable bonds is 1. The third-order valence-corrected chi connectivity index (χ3v) is 9.61. The Bertz CT molecular complexity index is 891. The van der Waals surface area contributed by atoms with Gasteiger partial charge in [0.15, 0.2) is 6.20 Å². The summed E-state index contributed by atoms with van der Waals surface area (Å²) in [5.74, 6) is 5.91. The monoisotopic (exact) mass is 323 g/mol. The highest BCUT2D eigenvalue weighted by Crippen LogP contribution is 2.53. The van der Waals surface area contributed by atoms with E-state index in [9.17, 15) is 13.0 Å². The quantitative estimate of drug-likeness (QED) is 0.472. The van der Waals surface area contributed by atoms with E-state index in [-0.39, 0.29) is 20.9 Å². The van der Waals surface area contributed by atoms with Crippen molar-refractivity contribution in [2.45, 2.75) is 29.3 Å². The molecular formula is C14H16N2O3PS+. The van der Waals surface area contributed by atoms with Crippen molar-refractivity contribution in [3.8, 4) is 0 Å². The third kappa shape index (κ3) is 1.72. The van der Waals surface area contributed by atoms with E-state index in [2.05, 4.69) is 0 Å². The standard InChI is InChI=1S/C14H16N2O3PS/c1-10(2)20(17)11-6-3-4-7-12(11)21(18,19)13-8-5-9-16(15)14(13)20/h3-10H,15H2,1-2H3/q+1. The first-order chi connectivity index (χ1) is 9.81. The van der Waals surface area contributed by atoms with Crippen LogP contribution in [-0.4, -0.2) is 14.1 Å². The predicted octanol–water partition coefficient (Wildman–Crippen LogP) is 0.556. The molecule has 2 N–H and O–H groups in total. The van der Waals surface area contributed by atoms with Gasteiger partial charge in [0.2, 0.25) is 17.0 Å². The van der Waals surface area contributed by atoms with Gasteiger partial charge in [-0.3, -0.25) is 0 Å². The molecule has 0 amide bonds. The summed E-state index contributed by atoms with van der Waals surface area (Å²) in [4.78, 5) is 0.170. The van der Waals surface area contributed by atoms with Crippen LogP contribution in [0, 0.1) is 0 Å². The number of benzene rings is 1. The number of nitrogens with two attached hydrogens (primary N) is 1. The van der Waals surface area contributed by atoms with Crippen LogP contribution < -0.4 is 21.3 Å². The number of sulfone groups is 1. The number of aromatic nitrogens is 1. The first kappa shape index (κ1) is 14.3. The summed E-state index contributed by atoms with van der Waals surface area (Å²) in [5.41, 5.74) is -0.0381. The molecule has 1 aromatic carbocycles. The van der Waals surface area contributed by atoms with Crippen LogP contribution >= 0.6 is 7.14 Å². The molecule has 1 atom stereocenters. The lowest BCUT2D eigenvalue weighted by Gasteiger charge is -2.27. The Hall–Kier alpha value is -1.65. The lowest BCUT2D eigenvalue weighted by atomic mass is 10.4. The van der Waals surface area contributed by atoms with E-state index >= 15 is 0 Å². The molecule has 0 spiro atoms. The van der Waals surface area contributed by atoms with Gasteiger partial charge in [0, 0.05) is 17.0 Å². The molecule has 5 nitrogen and oxygen atoms in total. The maximum Gasteiger partial charge on any atom is 0.291 e. The zero-order chi connectivity index (χ0) is 15.4. The number of pyridine rings is 1. The van der Waals surface area contributed by atoms with Crippen LogP contribution in [0.15, 0.2) is 52.4 Å². The van der Waals surface area contributed by atoms with E-state index < -0.39 is 17.0 Å². The summed E-state index contributed by atoms with van der Waals surface area (Å²) >= 11 is 0. The SMILES string of the molecule is CC(C)P1(=O)c2ccccc2S(=O)(=O)c2ccc[n+](N)c21. The molecule has 1 aromatic heterocycles. The molecule has 1 unspecified atom stereocenters. The van der Waals surface area contributed by atoms with Gasteiger partial charge in [-0.2, -0.15) is 0 Å². The van der Waals surface area contributed by atoms with E-state index in [0.29, 0.717) is 5.30 Å². The summed E-state index contributed by atoms with van der Waals surface area (Å²) < 4.78 is 40.4. The van der Waals surface area contributed by atoms with Crippen LogP contribution in [0.3, 0.4) is 0 Å². The minimum atomic E-state index is -3.70. The Morgan fingerprint density at radius 1 is 1.10 bits per heavy atom. The Morgan fingerprint density at radius 3 is 2.38 bits per heavy atom. The predicted molar refractivity (Wildman–Crippen MR) is 80.7 cm³/mol. The summed E-state index contributed by atoms with van der Waals surface area (Å²) in [7, 11) is -6.83. The third-order valence-electron chi connectivity index (χ3n) is 3.80. The fraction of sp³-hybridized carbons (Fsp3) is 0.214. The van der Waals surface area contributed by atoms with Crippen LogP contribution in [0.2, 0.25) is 0 Å². The Labute approximate surface area is 123 Å². The number of hydrogen-bond donors (Lipinski definition) is 1. The second kappa shape index (κ2) is 4.42. The topological polar surface area (TPSA) is 81.1 Å². The fourth-order valence-corrected chi connectivity index (χ4v) is 8.53.